The van der Waals surface area contributed by atoms with Crippen LogP contribution in [0.2, 0.25) is 0 Å². The summed E-state index contributed by atoms with van der Waals surface area (Å²) in [5, 5.41) is 3.75. The molecule has 2 aromatic rings. The molecule has 120 valence electrons. The van der Waals surface area contributed by atoms with Crippen LogP contribution in [0, 0.1) is 0 Å². The monoisotopic (exact) mass is 330 g/mol. The SMILES string of the molecule is Nc1ccc(CC(=O)N2CCN(C(=O)c3ccsc3)CC2)nc1. The minimum Gasteiger partial charge on any atom is -0.397 e. The van der Waals surface area contributed by atoms with Crippen LogP contribution in [0.15, 0.2) is 35.2 Å². The molecule has 0 aromatic carbocycles. The average molecular weight is 330 g/mol. The predicted molar refractivity (Wildman–Crippen MR) is 89.2 cm³/mol. The molecular formula is C16H18N4O2S. The second-order valence-electron chi connectivity index (χ2n) is 5.44. The number of hydrogen-bond acceptors (Lipinski definition) is 5. The van der Waals surface area contributed by atoms with Crippen molar-refractivity contribution in [1.82, 2.24) is 14.8 Å². The van der Waals surface area contributed by atoms with E-state index in [1.165, 1.54) is 11.3 Å². The van der Waals surface area contributed by atoms with Gasteiger partial charge >= 0.3 is 0 Å². The van der Waals surface area contributed by atoms with Crippen molar-refractivity contribution >= 4 is 28.8 Å². The summed E-state index contributed by atoms with van der Waals surface area (Å²) in [6.45, 7) is 2.25. The van der Waals surface area contributed by atoms with E-state index in [0.29, 0.717) is 37.6 Å². The Kier molecular flexibility index (Phi) is 4.57. The molecule has 6 nitrogen and oxygen atoms in total. The van der Waals surface area contributed by atoms with Crippen LogP contribution < -0.4 is 5.73 Å². The van der Waals surface area contributed by atoms with Crippen molar-refractivity contribution in [3.63, 3.8) is 0 Å². The van der Waals surface area contributed by atoms with E-state index in [0.717, 1.165) is 5.56 Å². The zero-order valence-corrected chi connectivity index (χ0v) is 13.5. The highest BCUT2D eigenvalue weighted by molar-refractivity contribution is 7.08. The van der Waals surface area contributed by atoms with Crippen LogP contribution in [0.3, 0.4) is 0 Å². The van der Waals surface area contributed by atoms with Crippen LogP contribution in [0.25, 0.3) is 0 Å². The number of piperazine rings is 1. The number of thiophene rings is 1. The molecule has 1 aliphatic rings. The van der Waals surface area contributed by atoms with Crippen LogP contribution in [0.1, 0.15) is 16.1 Å². The number of nitrogens with two attached hydrogens (primary N) is 1. The number of anilines is 1. The Labute approximate surface area is 138 Å². The fourth-order valence-electron chi connectivity index (χ4n) is 2.53. The molecule has 0 unspecified atom stereocenters. The quantitative estimate of drug-likeness (QED) is 0.918. The van der Waals surface area contributed by atoms with Crippen molar-refractivity contribution in [2.75, 3.05) is 31.9 Å². The zero-order valence-electron chi connectivity index (χ0n) is 12.6. The summed E-state index contributed by atoms with van der Waals surface area (Å²) < 4.78 is 0. The number of carbonyl (C=O) groups excluding carboxylic acids is 2. The number of hydrogen-bond donors (Lipinski definition) is 1. The fraction of sp³-hybridized carbons (Fsp3) is 0.312. The van der Waals surface area contributed by atoms with Crippen molar-refractivity contribution in [3.8, 4) is 0 Å². The molecule has 1 saturated heterocycles. The Morgan fingerprint density at radius 1 is 1.13 bits per heavy atom. The zero-order chi connectivity index (χ0) is 16.2. The van der Waals surface area contributed by atoms with Crippen molar-refractivity contribution in [3.05, 3.63) is 46.4 Å². The van der Waals surface area contributed by atoms with E-state index in [2.05, 4.69) is 4.98 Å². The van der Waals surface area contributed by atoms with Crippen molar-refractivity contribution in [2.45, 2.75) is 6.42 Å². The third-order valence-corrected chi connectivity index (χ3v) is 4.55. The molecule has 0 radical (unpaired) electrons. The number of rotatable bonds is 3. The highest BCUT2D eigenvalue weighted by atomic mass is 32.1. The van der Waals surface area contributed by atoms with Gasteiger partial charge in [-0.05, 0) is 23.6 Å². The largest absolute Gasteiger partial charge is 0.397 e. The number of carbonyl (C=O) groups is 2. The lowest BCUT2D eigenvalue weighted by Gasteiger charge is -2.34. The molecule has 0 spiro atoms. The van der Waals surface area contributed by atoms with Crippen molar-refractivity contribution < 1.29 is 9.59 Å². The van der Waals surface area contributed by atoms with Gasteiger partial charge < -0.3 is 15.5 Å². The van der Waals surface area contributed by atoms with Gasteiger partial charge in [-0.15, -0.1) is 0 Å². The molecule has 0 aliphatic carbocycles. The van der Waals surface area contributed by atoms with E-state index < -0.39 is 0 Å². The molecule has 2 amide bonds. The van der Waals surface area contributed by atoms with E-state index in [-0.39, 0.29) is 18.2 Å². The summed E-state index contributed by atoms with van der Waals surface area (Å²) in [4.78, 5) is 32.3. The number of aromatic nitrogens is 1. The van der Waals surface area contributed by atoms with Gasteiger partial charge in [-0.25, -0.2) is 0 Å². The third-order valence-electron chi connectivity index (χ3n) is 3.87. The first-order chi connectivity index (χ1) is 11.1. The maximum absolute atomic E-state index is 12.3. The van der Waals surface area contributed by atoms with E-state index in [1.807, 2.05) is 16.8 Å². The maximum atomic E-state index is 12.3. The normalized spacial score (nSPS) is 14.8. The molecule has 3 heterocycles. The first kappa shape index (κ1) is 15.5. The van der Waals surface area contributed by atoms with Crippen LogP contribution in [-0.2, 0) is 11.2 Å². The lowest BCUT2D eigenvalue weighted by molar-refractivity contribution is -0.132. The van der Waals surface area contributed by atoms with Gasteiger partial charge in [0.1, 0.15) is 0 Å². The van der Waals surface area contributed by atoms with Gasteiger partial charge in [0.05, 0.1) is 23.9 Å². The summed E-state index contributed by atoms with van der Waals surface area (Å²) in [5.74, 6) is 0.0726. The van der Waals surface area contributed by atoms with Crippen LogP contribution in [-0.4, -0.2) is 52.8 Å². The van der Waals surface area contributed by atoms with Gasteiger partial charge in [0.25, 0.3) is 5.91 Å². The lowest BCUT2D eigenvalue weighted by atomic mass is 10.2. The predicted octanol–water partition coefficient (Wildman–Crippen LogP) is 1.25. The Hall–Kier alpha value is -2.41. The summed E-state index contributed by atoms with van der Waals surface area (Å²) in [5.41, 5.74) is 7.61. The Morgan fingerprint density at radius 3 is 2.48 bits per heavy atom. The topological polar surface area (TPSA) is 79.5 Å². The minimum absolute atomic E-state index is 0.0323. The molecule has 0 atom stereocenters. The molecule has 1 aliphatic heterocycles. The van der Waals surface area contributed by atoms with Gasteiger partial charge in [0, 0.05) is 37.3 Å². The Morgan fingerprint density at radius 2 is 1.87 bits per heavy atom. The molecule has 1 fully saturated rings. The Bertz CT molecular complexity index is 677. The third kappa shape index (κ3) is 3.68. The van der Waals surface area contributed by atoms with E-state index in [9.17, 15) is 9.59 Å². The van der Waals surface area contributed by atoms with Crippen LogP contribution in [0.5, 0.6) is 0 Å². The molecule has 2 aromatic heterocycles. The standard InChI is InChI=1S/C16H18N4O2S/c17-13-1-2-14(18-10-13)9-15(21)19-4-6-20(7-5-19)16(22)12-3-8-23-11-12/h1-3,8,10-11H,4-7,9,17H2. The molecule has 0 bridgehead atoms. The summed E-state index contributed by atoms with van der Waals surface area (Å²) in [6.07, 6.45) is 1.82. The smallest absolute Gasteiger partial charge is 0.254 e. The maximum Gasteiger partial charge on any atom is 0.254 e. The number of amides is 2. The first-order valence-corrected chi connectivity index (χ1v) is 8.37. The van der Waals surface area contributed by atoms with Gasteiger partial charge in [0.2, 0.25) is 5.91 Å². The highest BCUT2D eigenvalue weighted by Crippen LogP contribution is 2.13. The minimum atomic E-state index is 0.0323. The molecule has 0 saturated carbocycles. The molecule has 23 heavy (non-hydrogen) atoms. The van der Waals surface area contributed by atoms with Crippen LogP contribution in [0.4, 0.5) is 5.69 Å². The van der Waals surface area contributed by atoms with Gasteiger partial charge in [-0.3, -0.25) is 14.6 Å². The average Bonchev–Trinajstić information content (AvgIpc) is 3.11. The number of nitrogens with zero attached hydrogens (tertiary/aromatic N) is 3. The van der Waals surface area contributed by atoms with Crippen molar-refractivity contribution in [1.29, 1.82) is 0 Å². The van der Waals surface area contributed by atoms with Gasteiger partial charge in [-0.1, -0.05) is 0 Å². The molecular weight excluding hydrogens is 312 g/mol. The number of pyridine rings is 1. The summed E-state index contributed by atoms with van der Waals surface area (Å²) in [6, 6.07) is 5.34. The second kappa shape index (κ2) is 6.78. The van der Waals surface area contributed by atoms with E-state index in [4.69, 9.17) is 5.73 Å². The van der Waals surface area contributed by atoms with E-state index in [1.54, 1.807) is 28.1 Å². The van der Waals surface area contributed by atoms with Gasteiger partial charge in [-0.2, -0.15) is 11.3 Å². The molecule has 3 rings (SSSR count). The molecule has 7 heteroatoms. The Balaban J connectivity index is 1.53. The van der Waals surface area contributed by atoms with Crippen LogP contribution >= 0.6 is 11.3 Å². The second-order valence-corrected chi connectivity index (χ2v) is 6.22. The number of nitrogen functional groups attached to an aromatic ring is 1. The summed E-state index contributed by atoms with van der Waals surface area (Å²) >= 11 is 1.51. The fourth-order valence-corrected chi connectivity index (χ4v) is 3.16. The van der Waals surface area contributed by atoms with Gasteiger partial charge in [0.15, 0.2) is 0 Å². The highest BCUT2D eigenvalue weighted by Gasteiger charge is 2.25. The van der Waals surface area contributed by atoms with Crippen molar-refractivity contribution in [2.24, 2.45) is 0 Å². The van der Waals surface area contributed by atoms with E-state index >= 15 is 0 Å². The lowest BCUT2D eigenvalue weighted by Crippen LogP contribution is -2.51. The summed E-state index contributed by atoms with van der Waals surface area (Å²) in [7, 11) is 0. The molecule has 2 N–H and O–H groups in total. The first-order valence-electron chi connectivity index (χ1n) is 7.43.